The molecule has 1 heterocycles. The predicted molar refractivity (Wildman–Crippen MR) is 75.5 cm³/mol. The van der Waals surface area contributed by atoms with E-state index in [-0.39, 0.29) is 5.56 Å². The molecule has 2 aliphatic rings. The molecule has 0 radical (unpaired) electrons. The second kappa shape index (κ2) is 4.85. The van der Waals surface area contributed by atoms with Gasteiger partial charge in [-0.05, 0) is 49.6 Å². The molecule has 4 nitrogen and oxygen atoms in total. The molecule has 1 aromatic carbocycles. The summed E-state index contributed by atoms with van der Waals surface area (Å²) in [4.78, 5) is 0.606. The number of hydrogen-bond acceptors (Lipinski definition) is 4. The molecule has 0 N–H and O–H groups in total. The van der Waals surface area contributed by atoms with Crippen LogP contribution in [0.1, 0.15) is 49.0 Å². The van der Waals surface area contributed by atoms with Gasteiger partial charge >= 0.3 is 0 Å². The first-order chi connectivity index (χ1) is 10.3. The van der Waals surface area contributed by atoms with E-state index in [1.165, 1.54) is 30.7 Å². The third-order valence-corrected chi connectivity index (χ3v) is 4.85. The van der Waals surface area contributed by atoms with Crippen LogP contribution >= 0.6 is 11.8 Å². The van der Waals surface area contributed by atoms with E-state index in [0.717, 1.165) is 23.8 Å². The van der Waals surface area contributed by atoms with Gasteiger partial charge < -0.3 is 4.57 Å². The summed E-state index contributed by atoms with van der Waals surface area (Å²) in [5.41, 5.74) is 0.0841. The van der Waals surface area contributed by atoms with Gasteiger partial charge in [0.25, 0.3) is 0 Å². The van der Waals surface area contributed by atoms with Gasteiger partial charge in [-0.25, -0.2) is 4.39 Å². The smallest absolute Gasteiger partial charge is 0.196 e. The normalized spacial score (nSPS) is 17.7. The van der Waals surface area contributed by atoms with E-state index < -0.39 is 5.82 Å². The average Bonchev–Trinajstić information content (AvgIpc) is 3.39. The lowest BCUT2D eigenvalue weighted by molar-refractivity contribution is 0.618. The fraction of sp³-hybridized carbons (Fsp3) is 0.400. The van der Waals surface area contributed by atoms with Crippen LogP contribution in [0.5, 0.6) is 0 Å². The molecule has 2 aromatic rings. The summed E-state index contributed by atoms with van der Waals surface area (Å²) in [5.74, 6) is 1.12. The largest absolute Gasteiger partial charge is 0.302 e. The summed E-state index contributed by atoms with van der Waals surface area (Å²) in [6.45, 7) is 0. The quantitative estimate of drug-likeness (QED) is 0.865. The number of benzene rings is 1. The zero-order valence-electron chi connectivity index (χ0n) is 11.3. The van der Waals surface area contributed by atoms with Crippen LogP contribution < -0.4 is 0 Å². The van der Waals surface area contributed by atoms with E-state index in [1.54, 1.807) is 12.1 Å². The standard InChI is InChI=1S/C15H13FN4S/c16-12-2-1-3-13(11(12)8-17)21-15-19-18-14(9-4-5-9)20(15)10-6-7-10/h1-3,9-10H,4-7H2. The minimum absolute atomic E-state index is 0.0841. The summed E-state index contributed by atoms with van der Waals surface area (Å²) in [6.07, 6.45) is 4.66. The lowest BCUT2D eigenvalue weighted by Gasteiger charge is -2.08. The van der Waals surface area contributed by atoms with Crippen molar-refractivity contribution in [3.63, 3.8) is 0 Å². The van der Waals surface area contributed by atoms with Crippen LogP contribution in [-0.2, 0) is 0 Å². The van der Waals surface area contributed by atoms with Crippen molar-refractivity contribution in [2.75, 3.05) is 0 Å². The molecule has 106 valence electrons. The summed E-state index contributed by atoms with van der Waals surface area (Å²) in [7, 11) is 0. The number of nitriles is 1. The van der Waals surface area contributed by atoms with Crippen molar-refractivity contribution in [2.45, 2.75) is 47.7 Å². The van der Waals surface area contributed by atoms with Crippen molar-refractivity contribution < 1.29 is 4.39 Å². The Bertz CT molecular complexity index is 741. The zero-order chi connectivity index (χ0) is 14.4. The molecule has 2 fully saturated rings. The minimum Gasteiger partial charge on any atom is -0.302 e. The second-order valence-corrected chi connectivity index (χ2v) is 6.55. The van der Waals surface area contributed by atoms with Gasteiger partial charge in [0.1, 0.15) is 23.3 Å². The Morgan fingerprint density at radius 2 is 2.05 bits per heavy atom. The van der Waals surface area contributed by atoms with Crippen molar-refractivity contribution in [1.82, 2.24) is 14.8 Å². The molecule has 21 heavy (non-hydrogen) atoms. The SMILES string of the molecule is N#Cc1c(F)cccc1Sc1nnc(C2CC2)n1C1CC1. The van der Waals surface area contributed by atoms with Crippen LogP contribution in [0.2, 0.25) is 0 Å². The molecular formula is C15H13FN4S. The van der Waals surface area contributed by atoms with Gasteiger partial charge in [0.15, 0.2) is 5.16 Å². The van der Waals surface area contributed by atoms with E-state index in [2.05, 4.69) is 14.8 Å². The molecule has 0 saturated heterocycles. The number of rotatable bonds is 4. The second-order valence-electron chi connectivity index (χ2n) is 5.54. The van der Waals surface area contributed by atoms with E-state index in [1.807, 2.05) is 6.07 Å². The van der Waals surface area contributed by atoms with Crippen LogP contribution in [0.4, 0.5) is 4.39 Å². The molecule has 6 heteroatoms. The highest BCUT2D eigenvalue weighted by molar-refractivity contribution is 7.99. The lowest BCUT2D eigenvalue weighted by atomic mass is 10.2. The first-order valence-corrected chi connectivity index (χ1v) is 7.91. The third-order valence-electron chi connectivity index (χ3n) is 3.83. The topological polar surface area (TPSA) is 54.5 Å². The molecule has 0 aliphatic heterocycles. The molecular weight excluding hydrogens is 287 g/mol. The Kier molecular flexibility index (Phi) is 2.96. The van der Waals surface area contributed by atoms with E-state index in [9.17, 15) is 4.39 Å². The van der Waals surface area contributed by atoms with Gasteiger partial charge in [0.2, 0.25) is 0 Å². The number of hydrogen-bond donors (Lipinski definition) is 0. The molecule has 0 unspecified atom stereocenters. The maximum absolute atomic E-state index is 13.7. The molecule has 2 saturated carbocycles. The molecule has 2 aliphatic carbocycles. The van der Waals surface area contributed by atoms with Crippen molar-refractivity contribution >= 4 is 11.8 Å². The van der Waals surface area contributed by atoms with Crippen molar-refractivity contribution in [3.05, 3.63) is 35.4 Å². The fourth-order valence-electron chi connectivity index (χ4n) is 2.45. The molecule has 1 aromatic heterocycles. The molecule has 4 rings (SSSR count). The van der Waals surface area contributed by atoms with Crippen molar-refractivity contribution in [1.29, 1.82) is 5.26 Å². The fourth-order valence-corrected chi connectivity index (χ4v) is 3.46. The number of aromatic nitrogens is 3. The molecule has 0 amide bonds. The Morgan fingerprint density at radius 1 is 1.24 bits per heavy atom. The summed E-state index contributed by atoms with van der Waals surface area (Å²) in [6, 6.07) is 7.11. The Morgan fingerprint density at radius 3 is 2.71 bits per heavy atom. The van der Waals surface area contributed by atoms with Crippen molar-refractivity contribution in [2.24, 2.45) is 0 Å². The van der Waals surface area contributed by atoms with E-state index in [0.29, 0.717) is 16.9 Å². The minimum atomic E-state index is -0.484. The monoisotopic (exact) mass is 300 g/mol. The number of nitrogens with zero attached hydrogens (tertiary/aromatic N) is 4. The highest BCUT2D eigenvalue weighted by Gasteiger charge is 2.36. The first-order valence-electron chi connectivity index (χ1n) is 7.09. The first kappa shape index (κ1) is 12.8. The predicted octanol–water partition coefficient (Wildman–Crippen LogP) is 3.65. The third kappa shape index (κ3) is 2.32. The van der Waals surface area contributed by atoms with Crippen LogP contribution in [0.3, 0.4) is 0 Å². The maximum atomic E-state index is 13.7. The Labute approximate surface area is 126 Å². The molecule has 0 bridgehead atoms. The van der Waals surface area contributed by atoms with Gasteiger partial charge in [-0.2, -0.15) is 5.26 Å². The van der Waals surface area contributed by atoms with Crippen LogP contribution in [0.15, 0.2) is 28.3 Å². The average molecular weight is 300 g/mol. The van der Waals surface area contributed by atoms with Gasteiger partial charge in [-0.1, -0.05) is 6.07 Å². The van der Waals surface area contributed by atoms with E-state index >= 15 is 0 Å². The molecule has 0 atom stereocenters. The maximum Gasteiger partial charge on any atom is 0.196 e. The molecule has 0 spiro atoms. The Hall–Kier alpha value is -1.87. The van der Waals surface area contributed by atoms with Crippen LogP contribution in [0.25, 0.3) is 0 Å². The lowest BCUT2D eigenvalue weighted by Crippen LogP contribution is -2.02. The van der Waals surface area contributed by atoms with Crippen LogP contribution in [-0.4, -0.2) is 14.8 Å². The highest BCUT2D eigenvalue weighted by Crippen LogP contribution is 2.47. The zero-order valence-corrected chi connectivity index (χ0v) is 12.1. The van der Waals surface area contributed by atoms with Gasteiger partial charge in [0.05, 0.1) is 0 Å². The summed E-state index contributed by atoms with van der Waals surface area (Å²) >= 11 is 1.34. The number of halogens is 1. The van der Waals surface area contributed by atoms with Crippen LogP contribution in [0, 0.1) is 17.1 Å². The van der Waals surface area contributed by atoms with E-state index in [4.69, 9.17) is 5.26 Å². The van der Waals surface area contributed by atoms with Gasteiger partial charge in [-0.3, -0.25) is 0 Å². The van der Waals surface area contributed by atoms with Gasteiger partial charge in [0, 0.05) is 16.9 Å². The summed E-state index contributed by atoms with van der Waals surface area (Å²) in [5, 5.41) is 18.5. The summed E-state index contributed by atoms with van der Waals surface area (Å²) < 4.78 is 15.9. The highest BCUT2D eigenvalue weighted by atomic mass is 32.2. The Balaban J connectivity index is 1.72. The van der Waals surface area contributed by atoms with Crippen molar-refractivity contribution in [3.8, 4) is 6.07 Å². The van der Waals surface area contributed by atoms with Gasteiger partial charge in [-0.15, -0.1) is 10.2 Å².